The van der Waals surface area contributed by atoms with Crippen molar-refractivity contribution in [2.24, 2.45) is 5.92 Å². The molecule has 2 atom stereocenters. The lowest BCUT2D eigenvalue weighted by Crippen LogP contribution is -2.18. The molecule has 2 unspecified atom stereocenters. The number of aromatic hydroxyl groups is 1. The minimum absolute atomic E-state index is 0.100. The molecule has 1 heterocycles. The SMILES string of the molecule is Cc1c(C)c(Br)c(C)c(C2CC(C(=O)O)CN2)c1O. The molecule has 104 valence electrons. The van der Waals surface area contributed by atoms with Crippen molar-refractivity contribution in [3.63, 3.8) is 0 Å². The minimum Gasteiger partial charge on any atom is -0.507 e. The van der Waals surface area contributed by atoms with Crippen LogP contribution in [0, 0.1) is 26.7 Å². The van der Waals surface area contributed by atoms with E-state index in [4.69, 9.17) is 5.11 Å². The molecule has 0 aromatic heterocycles. The zero-order valence-corrected chi connectivity index (χ0v) is 12.8. The molecule has 19 heavy (non-hydrogen) atoms. The number of carboxylic acids is 1. The predicted molar refractivity (Wildman–Crippen MR) is 76.5 cm³/mol. The summed E-state index contributed by atoms with van der Waals surface area (Å²) in [6.07, 6.45) is 0.513. The second-order valence-electron chi connectivity index (χ2n) is 5.18. The van der Waals surface area contributed by atoms with Crippen LogP contribution in [0.15, 0.2) is 4.47 Å². The second-order valence-corrected chi connectivity index (χ2v) is 5.98. The van der Waals surface area contributed by atoms with E-state index in [2.05, 4.69) is 21.2 Å². The second kappa shape index (κ2) is 5.13. The summed E-state index contributed by atoms with van der Waals surface area (Å²) in [6.45, 7) is 6.23. The summed E-state index contributed by atoms with van der Waals surface area (Å²) in [6, 6.07) is -0.100. The molecule has 3 N–H and O–H groups in total. The number of carboxylic acid groups (broad SMARTS) is 1. The number of carbonyl (C=O) groups is 1. The molecule has 1 aliphatic heterocycles. The van der Waals surface area contributed by atoms with Crippen LogP contribution in [0.3, 0.4) is 0 Å². The number of benzene rings is 1. The Morgan fingerprint density at radius 3 is 2.42 bits per heavy atom. The number of hydrogen-bond acceptors (Lipinski definition) is 3. The monoisotopic (exact) mass is 327 g/mol. The third-order valence-corrected chi connectivity index (χ3v) is 5.25. The number of nitrogens with one attached hydrogen (secondary N) is 1. The van der Waals surface area contributed by atoms with Gasteiger partial charge in [-0.15, -0.1) is 0 Å². The van der Waals surface area contributed by atoms with Gasteiger partial charge < -0.3 is 15.5 Å². The van der Waals surface area contributed by atoms with Crippen molar-refractivity contribution >= 4 is 21.9 Å². The molecule has 0 spiro atoms. The van der Waals surface area contributed by atoms with Crippen molar-refractivity contribution in [3.05, 3.63) is 26.7 Å². The fourth-order valence-corrected chi connectivity index (χ4v) is 3.20. The summed E-state index contributed by atoms with van der Waals surface area (Å²) in [7, 11) is 0. The molecule has 4 nitrogen and oxygen atoms in total. The van der Waals surface area contributed by atoms with Gasteiger partial charge in [-0.1, -0.05) is 15.9 Å². The van der Waals surface area contributed by atoms with Crippen molar-refractivity contribution in [1.29, 1.82) is 0 Å². The van der Waals surface area contributed by atoms with Crippen LogP contribution in [0.1, 0.15) is 34.7 Å². The van der Waals surface area contributed by atoms with Crippen molar-refractivity contribution in [2.45, 2.75) is 33.2 Å². The molecule has 1 aromatic rings. The molecule has 0 saturated carbocycles. The Bertz CT molecular complexity index is 513. The van der Waals surface area contributed by atoms with Gasteiger partial charge in [-0.3, -0.25) is 4.79 Å². The van der Waals surface area contributed by atoms with Crippen LogP contribution in [0.5, 0.6) is 5.75 Å². The van der Waals surface area contributed by atoms with Gasteiger partial charge >= 0.3 is 5.97 Å². The third kappa shape index (κ3) is 2.37. The van der Waals surface area contributed by atoms with Gasteiger partial charge in [0.05, 0.1) is 5.92 Å². The van der Waals surface area contributed by atoms with E-state index in [-0.39, 0.29) is 17.7 Å². The highest BCUT2D eigenvalue weighted by molar-refractivity contribution is 9.10. The van der Waals surface area contributed by atoms with Crippen LogP contribution >= 0.6 is 15.9 Å². The maximum Gasteiger partial charge on any atom is 0.307 e. The van der Waals surface area contributed by atoms with Crippen LogP contribution in [0.2, 0.25) is 0 Å². The zero-order chi connectivity index (χ0) is 14.3. The first kappa shape index (κ1) is 14.3. The van der Waals surface area contributed by atoms with E-state index in [1.807, 2.05) is 20.8 Å². The minimum atomic E-state index is -0.782. The Balaban J connectivity index is 2.44. The summed E-state index contributed by atoms with van der Waals surface area (Å²) in [5.74, 6) is -0.888. The number of aliphatic carboxylic acids is 1. The molecule has 0 bridgehead atoms. The number of phenolic OH excluding ortho intramolecular Hbond substituents is 1. The average molecular weight is 328 g/mol. The normalized spacial score (nSPS) is 22.7. The van der Waals surface area contributed by atoms with Crippen LogP contribution in [0.4, 0.5) is 0 Å². The smallest absolute Gasteiger partial charge is 0.307 e. The molecule has 0 amide bonds. The van der Waals surface area contributed by atoms with E-state index >= 15 is 0 Å². The van der Waals surface area contributed by atoms with E-state index in [1.54, 1.807) is 0 Å². The summed E-state index contributed by atoms with van der Waals surface area (Å²) in [4.78, 5) is 11.0. The molecule has 1 aliphatic rings. The number of halogens is 1. The van der Waals surface area contributed by atoms with Gasteiger partial charge in [0, 0.05) is 22.6 Å². The highest BCUT2D eigenvalue weighted by atomic mass is 79.9. The Labute approximate surface area is 121 Å². The number of hydrogen-bond donors (Lipinski definition) is 3. The standard InChI is InChI=1S/C14H18BrNO3/c1-6-7(2)13(17)11(8(3)12(6)15)10-4-9(5-16-10)14(18)19/h9-10,16-17H,4-5H2,1-3H3,(H,18,19). The van der Waals surface area contributed by atoms with E-state index in [9.17, 15) is 9.90 Å². The Morgan fingerprint density at radius 2 is 1.89 bits per heavy atom. The van der Waals surface area contributed by atoms with Crippen LogP contribution < -0.4 is 5.32 Å². The summed E-state index contributed by atoms with van der Waals surface area (Å²) in [5, 5.41) is 22.6. The maximum absolute atomic E-state index is 11.0. The van der Waals surface area contributed by atoms with Gasteiger partial charge in [0.2, 0.25) is 0 Å². The summed E-state index contributed by atoms with van der Waals surface area (Å²) in [5.41, 5.74) is 3.66. The highest BCUT2D eigenvalue weighted by Crippen LogP contribution is 2.41. The largest absolute Gasteiger partial charge is 0.507 e. The average Bonchev–Trinajstić information content (AvgIpc) is 2.84. The molecule has 0 radical (unpaired) electrons. The first-order valence-electron chi connectivity index (χ1n) is 6.28. The molecule has 5 heteroatoms. The molecular formula is C14H18BrNO3. The lowest BCUT2D eigenvalue weighted by atomic mass is 9.92. The van der Waals surface area contributed by atoms with Crippen molar-refractivity contribution in [1.82, 2.24) is 5.32 Å². The van der Waals surface area contributed by atoms with Crippen LogP contribution in [-0.2, 0) is 4.79 Å². The van der Waals surface area contributed by atoms with Crippen molar-refractivity contribution < 1.29 is 15.0 Å². The van der Waals surface area contributed by atoms with Crippen molar-refractivity contribution in [2.75, 3.05) is 6.54 Å². The lowest BCUT2D eigenvalue weighted by molar-refractivity contribution is -0.141. The Morgan fingerprint density at radius 1 is 1.26 bits per heavy atom. The van der Waals surface area contributed by atoms with E-state index in [0.717, 1.165) is 26.7 Å². The Kier molecular flexibility index (Phi) is 3.87. The quantitative estimate of drug-likeness (QED) is 0.781. The summed E-state index contributed by atoms with van der Waals surface area (Å²) < 4.78 is 0.985. The van der Waals surface area contributed by atoms with Crippen molar-refractivity contribution in [3.8, 4) is 5.75 Å². The molecule has 0 aliphatic carbocycles. The number of phenols is 1. The fraction of sp³-hybridized carbons (Fsp3) is 0.500. The molecule has 1 aromatic carbocycles. The molecule has 2 rings (SSSR count). The third-order valence-electron chi connectivity index (χ3n) is 4.06. The molecule has 1 saturated heterocycles. The lowest BCUT2D eigenvalue weighted by Gasteiger charge is -2.20. The first-order chi connectivity index (χ1) is 8.84. The number of rotatable bonds is 2. The van der Waals surface area contributed by atoms with Gasteiger partial charge in [-0.2, -0.15) is 0 Å². The fourth-order valence-electron chi connectivity index (χ4n) is 2.69. The zero-order valence-electron chi connectivity index (χ0n) is 11.2. The topological polar surface area (TPSA) is 69.6 Å². The highest BCUT2D eigenvalue weighted by Gasteiger charge is 2.33. The van der Waals surface area contributed by atoms with Gasteiger partial charge in [0.1, 0.15) is 5.75 Å². The van der Waals surface area contributed by atoms with Crippen LogP contribution in [-0.4, -0.2) is 22.7 Å². The van der Waals surface area contributed by atoms with Crippen LogP contribution in [0.25, 0.3) is 0 Å². The van der Waals surface area contributed by atoms with Gasteiger partial charge in [0.15, 0.2) is 0 Å². The van der Waals surface area contributed by atoms with Gasteiger partial charge in [-0.05, 0) is 43.9 Å². The Hall–Kier alpha value is -1.07. The molecular weight excluding hydrogens is 310 g/mol. The molecule has 1 fully saturated rings. The van der Waals surface area contributed by atoms with Gasteiger partial charge in [-0.25, -0.2) is 0 Å². The van der Waals surface area contributed by atoms with E-state index < -0.39 is 5.97 Å². The van der Waals surface area contributed by atoms with Gasteiger partial charge in [0.25, 0.3) is 0 Å². The first-order valence-corrected chi connectivity index (χ1v) is 7.08. The maximum atomic E-state index is 11.0. The van der Waals surface area contributed by atoms with E-state index in [0.29, 0.717) is 13.0 Å². The van der Waals surface area contributed by atoms with E-state index in [1.165, 1.54) is 0 Å². The predicted octanol–water partition coefficient (Wildman–Crippen LogP) is 2.82. The summed E-state index contributed by atoms with van der Waals surface area (Å²) >= 11 is 3.55.